The number of methoxy groups -OCH3 is 2. The number of aliphatic hydroxyl groups excluding tert-OH is 1. The summed E-state index contributed by atoms with van der Waals surface area (Å²) in [7, 11) is 2.49. The maximum Gasteiger partial charge on any atom is 0.309 e. The number of carbonyl (C=O) groups excluding carboxylic acids is 2. The van der Waals surface area contributed by atoms with Crippen molar-refractivity contribution in [2.45, 2.75) is 12.8 Å². The number of hydrogen-bond donors (Lipinski definition) is 1. The number of carbonyl (C=O) groups is 2. The molecule has 1 unspecified atom stereocenters. The first-order chi connectivity index (χ1) is 6.15. The van der Waals surface area contributed by atoms with Crippen LogP contribution in [0.5, 0.6) is 0 Å². The van der Waals surface area contributed by atoms with Crippen LogP contribution in [-0.2, 0) is 19.1 Å². The zero-order valence-corrected chi connectivity index (χ0v) is 7.78. The van der Waals surface area contributed by atoms with E-state index in [4.69, 9.17) is 5.11 Å². The fraction of sp³-hybridized carbons (Fsp3) is 0.750. The molecule has 0 rings (SSSR count). The fourth-order valence-electron chi connectivity index (χ4n) is 0.910. The van der Waals surface area contributed by atoms with Gasteiger partial charge in [-0.2, -0.15) is 0 Å². The molecule has 0 heterocycles. The Hall–Kier alpha value is -1.10. The van der Waals surface area contributed by atoms with Crippen molar-refractivity contribution in [3.05, 3.63) is 0 Å². The van der Waals surface area contributed by atoms with E-state index < -0.39 is 17.9 Å². The molecule has 0 aromatic carbocycles. The highest BCUT2D eigenvalue weighted by atomic mass is 16.5. The standard InChI is InChI=1S/C8H14O5/c1-12-7(10)5-6(3-4-9)8(11)13-2/h6,9H,3-5H2,1-2H3. The highest BCUT2D eigenvalue weighted by Crippen LogP contribution is 2.10. The average Bonchev–Trinajstić information content (AvgIpc) is 2.15. The van der Waals surface area contributed by atoms with Gasteiger partial charge in [0.25, 0.3) is 0 Å². The first kappa shape index (κ1) is 11.9. The second kappa shape index (κ2) is 6.42. The van der Waals surface area contributed by atoms with Crippen LogP contribution < -0.4 is 0 Å². The van der Waals surface area contributed by atoms with Crippen molar-refractivity contribution in [1.29, 1.82) is 0 Å². The molecule has 0 aromatic heterocycles. The normalized spacial score (nSPS) is 11.9. The summed E-state index contributed by atoms with van der Waals surface area (Å²) in [4.78, 5) is 21.8. The van der Waals surface area contributed by atoms with Crippen molar-refractivity contribution >= 4 is 11.9 Å². The molecule has 0 radical (unpaired) electrons. The van der Waals surface area contributed by atoms with E-state index in [9.17, 15) is 9.59 Å². The van der Waals surface area contributed by atoms with Gasteiger partial charge in [-0.3, -0.25) is 9.59 Å². The smallest absolute Gasteiger partial charge is 0.309 e. The van der Waals surface area contributed by atoms with E-state index in [1.807, 2.05) is 0 Å². The third-order valence-corrected chi connectivity index (χ3v) is 1.65. The van der Waals surface area contributed by atoms with E-state index in [1.165, 1.54) is 14.2 Å². The van der Waals surface area contributed by atoms with Crippen LogP contribution in [0.4, 0.5) is 0 Å². The van der Waals surface area contributed by atoms with Gasteiger partial charge in [0.05, 0.1) is 26.6 Å². The van der Waals surface area contributed by atoms with E-state index in [-0.39, 0.29) is 19.4 Å². The van der Waals surface area contributed by atoms with Crippen molar-refractivity contribution in [3.8, 4) is 0 Å². The molecule has 13 heavy (non-hydrogen) atoms. The molecular weight excluding hydrogens is 176 g/mol. The molecule has 5 heteroatoms. The molecule has 1 atom stereocenters. The summed E-state index contributed by atoms with van der Waals surface area (Å²) in [6.45, 7) is -0.156. The van der Waals surface area contributed by atoms with Crippen LogP contribution >= 0.6 is 0 Å². The molecule has 1 N–H and O–H groups in total. The number of rotatable bonds is 5. The Morgan fingerprint density at radius 1 is 1.31 bits per heavy atom. The van der Waals surface area contributed by atoms with Gasteiger partial charge in [0, 0.05) is 6.61 Å². The molecule has 0 bridgehead atoms. The van der Waals surface area contributed by atoms with E-state index in [1.54, 1.807) is 0 Å². The molecule has 0 aliphatic rings. The maximum absolute atomic E-state index is 11.0. The quantitative estimate of drug-likeness (QED) is 0.604. The average molecular weight is 190 g/mol. The lowest BCUT2D eigenvalue weighted by Gasteiger charge is -2.11. The molecule has 0 aliphatic heterocycles. The third-order valence-electron chi connectivity index (χ3n) is 1.65. The molecule has 0 spiro atoms. The lowest BCUT2D eigenvalue weighted by atomic mass is 10.0. The number of esters is 2. The van der Waals surface area contributed by atoms with Crippen molar-refractivity contribution in [2.75, 3.05) is 20.8 Å². The van der Waals surface area contributed by atoms with Crippen molar-refractivity contribution in [3.63, 3.8) is 0 Å². The summed E-state index contributed by atoms with van der Waals surface area (Å²) >= 11 is 0. The van der Waals surface area contributed by atoms with Crippen LogP contribution in [0.2, 0.25) is 0 Å². The Labute approximate surface area is 76.6 Å². The van der Waals surface area contributed by atoms with Gasteiger partial charge in [0.1, 0.15) is 0 Å². The van der Waals surface area contributed by atoms with Crippen LogP contribution in [0.1, 0.15) is 12.8 Å². The van der Waals surface area contributed by atoms with Gasteiger partial charge in [-0.05, 0) is 6.42 Å². The van der Waals surface area contributed by atoms with Gasteiger partial charge >= 0.3 is 11.9 Å². The van der Waals surface area contributed by atoms with Crippen molar-refractivity contribution in [1.82, 2.24) is 0 Å². The van der Waals surface area contributed by atoms with Crippen LogP contribution in [0.15, 0.2) is 0 Å². The highest BCUT2D eigenvalue weighted by Gasteiger charge is 2.22. The predicted molar refractivity (Wildman–Crippen MR) is 43.8 cm³/mol. The Kier molecular flexibility index (Phi) is 5.88. The maximum atomic E-state index is 11.0. The minimum atomic E-state index is -0.609. The van der Waals surface area contributed by atoms with E-state index in [0.29, 0.717) is 0 Å². The number of ether oxygens (including phenoxy) is 2. The summed E-state index contributed by atoms with van der Waals surface area (Å²) in [5, 5.41) is 8.61. The molecule has 5 nitrogen and oxygen atoms in total. The second-order valence-electron chi connectivity index (χ2n) is 2.51. The molecule has 0 aromatic rings. The summed E-state index contributed by atoms with van der Waals surface area (Å²) in [6.07, 6.45) is 0.158. The summed E-state index contributed by atoms with van der Waals surface area (Å²) in [5.74, 6) is -1.59. The molecule has 0 saturated carbocycles. The molecule has 76 valence electrons. The monoisotopic (exact) mass is 190 g/mol. The summed E-state index contributed by atoms with van der Waals surface area (Å²) in [5.41, 5.74) is 0. The van der Waals surface area contributed by atoms with Crippen LogP contribution in [-0.4, -0.2) is 37.9 Å². The Bertz CT molecular complexity index is 177. The zero-order chi connectivity index (χ0) is 10.3. The molecule has 0 saturated heterocycles. The minimum absolute atomic E-state index is 0.0519. The molecule has 0 amide bonds. The molecule has 0 fully saturated rings. The summed E-state index contributed by atoms with van der Waals surface area (Å²) < 4.78 is 8.85. The SMILES string of the molecule is COC(=O)CC(CCO)C(=O)OC. The van der Waals surface area contributed by atoms with E-state index in [0.717, 1.165) is 0 Å². The first-order valence-corrected chi connectivity index (χ1v) is 3.91. The second-order valence-corrected chi connectivity index (χ2v) is 2.51. The Balaban J connectivity index is 4.08. The zero-order valence-electron chi connectivity index (χ0n) is 7.78. The van der Waals surface area contributed by atoms with Gasteiger partial charge in [-0.15, -0.1) is 0 Å². The Morgan fingerprint density at radius 2 is 1.92 bits per heavy atom. The molecule has 0 aliphatic carbocycles. The van der Waals surface area contributed by atoms with E-state index in [2.05, 4.69) is 9.47 Å². The predicted octanol–water partition coefficient (Wildman–Crippen LogP) is -0.279. The summed E-state index contributed by atoms with van der Waals surface area (Å²) in [6, 6.07) is 0. The fourth-order valence-corrected chi connectivity index (χ4v) is 0.910. The van der Waals surface area contributed by atoms with Crippen LogP contribution in [0.25, 0.3) is 0 Å². The van der Waals surface area contributed by atoms with Gasteiger partial charge in [-0.1, -0.05) is 0 Å². The van der Waals surface area contributed by atoms with Crippen molar-refractivity contribution in [2.24, 2.45) is 5.92 Å². The lowest BCUT2D eigenvalue weighted by molar-refractivity contribution is -0.152. The van der Waals surface area contributed by atoms with Crippen molar-refractivity contribution < 1.29 is 24.2 Å². The van der Waals surface area contributed by atoms with Gasteiger partial charge < -0.3 is 14.6 Å². The molecular formula is C8H14O5. The highest BCUT2D eigenvalue weighted by molar-refractivity contribution is 5.79. The number of aliphatic hydroxyl groups is 1. The van der Waals surface area contributed by atoms with E-state index >= 15 is 0 Å². The minimum Gasteiger partial charge on any atom is -0.469 e. The topological polar surface area (TPSA) is 72.8 Å². The van der Waals surface area contributed by atoms with Gasteiger partial charge in [-0.25, -0.2) is 0 Å². The lowest BCUT2D eigenvalue weighted by Crippen LogP contribution is -2.21. The van der Waals surface area contributed by atoms with Crippen LogP contribution in [0.3, 0.4) is 0 Å². The first-order valence-electron chi connectivity index (χ1n) is 3.91. The number of hydrogen-bond acceptors (Lipinski definition) is 5. The largest absolute Gasteiger partial charge is 0.469 e. The van der Waals surface area contributed by atoms with Gasteiger partial charge in [0.2, 0.25) is 0 Å². The Morgan fingerprint density at radius 3 is 2.31 bits per heavy atom. The third kappa shape index (κ3) is 4.47. The van der Waals surface area contributed by atoms with Gasteiger partial charge in [0.15, 0.2) is 0 Å². The van der Waals surface area contributed by atoms with Crippen LogP contribution in [0, 0.1) is 5.92 Å².